The predicted octanol–water partition coefficient (Wildman–Crippen LogP) is 2.85. The first-order valence-corrected chi connectivity index (χ1v) is 11.7. The third kappa shape index (κ3) is 5.68. The number of rotatable bonds is 5. The largest absolute Gasteiger partial charge is 0.304 e. The van der Waals surface area contributed by atoms with Gasteiger partial charge in [0.15, 0.2) is 0 Å². The van der Waals surface area contributed by atoms with E-state index in [-0.39, 0.29) is 10.3 Å². The summed E-state index contributed by atoms with van der Waals surface area (Å²) in [6.07, 6.45) is 0. The first-order valence-electron chi connectivity index (χ1n) is 10.2. The number of benzene rings is 2. The summed E-state index contributed by atoms with van der Waals surface area (Å²) in [6.45, 7) is 10.9. The standard InChI is InChI=1S/C23H31N3O3S/c1-23(2,3)20-8-10-21(11-9-20)30(28,29)24-22(27)19-7-5-6-18(16-19)17-26-14-12-25(4)13-15-26/h5-11,16H,12-15,17H2,1-4H3,(H,24,27). The molecule has 0 bridgehead atoms. The van der Waals surface area contributed by atoms with Gasteiger partial charge in [0.2, 0.25) is 0 Å². The normalized spacial score (nSPS) is 16.4. The summed E-state index contributed by atoms with van der Waals surface area (Å²) in [5, 5.41) is 0. The van der Waals surface area contributed by atoms with Gasteiger partial charge in [0, 0.05) is 38.3 Å². The van der Waals surface area contributed by atoms with Crippen molar-refractivity contribution in [1.29, 1.82) is 0 Å². The number of nitrogens with zero attached hydrogens (tertiary/aromatic N) is 2. The molecule has 1 fully saturated rings. The van der Waals surface area contributed by atoms with Gasteiger partial charge in [-0.25, -0.2) is 13.1 Å². The number of carbonyl (C=O) groups excluding carboxylic acids is 1. The van der Waals surface area contributed by atoms with Crippen molar-refractivity contribution in [2.75, 3.05) is 33.2 Å². The maximum Gasteiger partial charge on any atom is 0.265 e. The van der Waals surface area contributed by atoms with Crippen molar-refractivity contribution in [2.24, 2.45) is 0 Å². The molecule has 0 saturated carbocycles. The van der Waals surface area contributed by atoms with E-state index in [4.69, 9.17) is 0 Å². The van der Waals surface area contributed by atoms with E-state index in [1.807, 2.05) is 6.07 Å². The summed E-state index contributed by atoms with van der Waals surface area (Å²) in [5.41, 5.74) is 2.30. The van der Waals surface area contributed by atoms with Crippen LogP contribution < -0.4 is 4.72 Å². The van der Waals surface area contributed by atoms with Gasteiger partial charge < -0.3 is 4.90 Å². The Balaban J connectivity index is 1.69. The number of carbonyl (C=O) groups is 1. The highest BCUT2D eigenvalue weighted by Crippen LogP contribution is 2.23. The van der Waals surface area contributed by atoms with Gasteiger partial charge >= 0.3 is 0 Å². The molecule has 0 spiro atoms. The number of hydrogen-bond donors (Lipinski definition) is 1. The molecule has 0 aliphatic carbocycles. The van der Waals surface area contributed by atoms with Crippen LogP contribution >= 0.6 is 0 Å². The van der Waals surface area contributed by atoms with E-state index in [2.05, 4.69) is 42.3 Å². The maximum atomic E-state index is 12.7. The molecule has 0 radical (unpaired) electrons. The smallest absolute Gasteiger partial charge is 0.265 e. The van der Waals surface area contributed by atoms with Gasteiger partial charge in [0.05, 0.1) is 4.90 Å². The average molecular weight is 430 g/mol. The zero-order chi connectivity index (χ0) is 21.9. The van der Waals surface area contributed by atoms with Crippen LogP contribution in [0.2, 0.25) is 0 Å². The first kappa shape index (κ1) is 22.5. The van der Waals surface area contributed by atoms with Crippen LogP contribution in [0.25, 0.3) is 0 Å². The fraction of sp³-hybridized carbons (Fsp3) is 0.435. The van der Waals surface area contributed by atoms with Crippen LogP contribution in [0.4, 0.5) is 0 Å². The van der Waals surface area contributed by atoms with Gasteiger partial charge in [-0.05, 0) is 47.9 Å². The van der Waals surface area contributed by atoms with Crippen molar-refractivity contribution in [3.63, 3.8) is 0 Å². The Bertz CT molecular complexity index is 987. The molecule has 0 atom stereocenters. The second-order valence-electron chi connectivity index (χ2n) is 8.99. The van der Waals surface area contributed by atoms with E-state index >= 15 is 0 Å². The van der Waals surface area contributed by atoms with Crippen LogP contribution in [0.5, 0.6) is 0 Å². The number of piperazine rings is 1. The molecule has 1 saturated heterocycles. The number of hydrogen-bond acceptors (Lipinski definition) is 5. The van der Waals surface area contributed by atoms with Crippen molar-refractivity contribution in [3.05, 3.63) is 65.2 Å². The molecule has 30 heavy (non-hydrogen) atoms. The minimum absolute atomic E-state index is 0.0737. The fourth-order valence-corrected chi connectivity index (χ4v) is 4.42. The van der Waals surface area contributed by atoms with E-state index in [1.165, 1.54) is 0 Å². The van der Waals surface area contributed by atoms with Crippen molar-refractivity contribution in [3.8, 4) is 0 Å². The number of likely N-dealkylation sites (N-methyl/N-ethyl adjacent to an activating group) is 1. The molecule has 1 heterocycles. The zero-order valence-corrected chi connectivity index (χ0v) is 19.0. The van der Waals surface area contributed by atoms with Crippen LogP contribution in [0, 0.1) is 0 Å². The summed E-state index contributed by atoms with van der Waals surface area (Å²) in [6, 6.07) is 13.8. The zero-order valence-electron chi connectivity index (χ0n) is 18.2. The van der Waals surface area contributed by atoms with E-state index in [9.17, 15) is 13.2 Å². The number of amides is 1. The third-order valence-electron chi connectivity index (χ3n) is 5.45. The van der Waals surface area contributed by atoms with Gasteiger partial charge in [0.25, 0.3) is 15.9 Å². The van der Waals surface area contributed by atoms with Gasteiger partial charge in [-0.15, -0.1) is 0 Å². The number of nitrogens with one attached hydrogen (secondary N) is 1. The molecule has 2 aromatic carbocycles. The van der Waals surface area contributed by atoms with E-state index in [0.29, 0.717) is 5.56 Å². The van der Waals surface area contributed by atoms with E-state index in [1.54, 1.807) is 42.5 Å². The molecule has 0 unspecified atom stereocenters. The van der Waals surface area contributed by atoms with Crippen LogP contribution in [-0.2, 0) is 22.0 Å². The molecule has 1 aliphatic rings. The van der Waals surface area contributed by atoms with Crippen molar-refractivity contribution in [1.82, 2.24) is 14.5 Å². The fourth-order valence-electron chi connectivity index (χ4n) is 3.45. The lowest BCUT2D eigenvalue weighted by molar-refractivity contribution is 0.0981. The minimum atomic E-state index is -3.93. The second-order valence-corrected chi connectivity index (χ2v) is 10.7. The molecule has 6 nitrogen and oxygen atoms in total. The molecule has 2 aromatic rings. The van der Waals surface area contributed by atoms with Crippen LogP contribution in [0.1, 0.15) is 42.3 Å². The monoisotopic (exact) mass is 429 g/mol. The summed E-state index contributed by atoms with van der Waals surface area (Å²) < 4.78 is 27.5. The highest BCUT2D eigenvalue weighted by Gasteiger charge is 2.21. The van der Waals surface area contributed by atoms with Gasteiger partial charge in [-0.1, -0.05) is 45.0 Å². The highest BCUT2D eigenvalue weighted by molar-refractivity contribution is 7.90. The van der Waals surface area contributed by atoms with Crippen LogP contribution in [0.3, 0.4) is 0 Å². The SMILES string of the molecule is CN1CCN(Cc2cccc(C(=O)NS(=O)(=O)c3ccc(C(C)(C)C)cc3)c2)CC1. The molecular weight excluding hydrogens is 398 g/mol. The van der Waals surface area contributed by atoms with Gasteiger partial charge in [0.1, 0.15) is 0 Å². The van der Waals surface area contributed by atoms with Crippen molar-refractivity contribution in [2.45, 2.75) is 37.6 Å². The lowest BCUT2D eigenvalue weighted by Crippen LogP contribution is -2.43. The highest BCUT2D eigenvalue weighted by atomic mass is 32.2. The minimum Gasteiger partial charge on any atom is -0.304 e. The molecule has 1 amide bonds. The molecule has 7 heteroatoms. The molecule has 3 rings (SSSR count). The molecule has 1 N–H and O–H groups in total. The Morgan fingerprint density at radius 3 is 2.23 bits per heavy atom. The Morgan fingerprint density at radius 2 is 1.63 bits per heavy atom. The summed E-state index contributed by atoms with van der Waals surface area (Å²) >= 11 is 0. The Kier molecular flexibility index (Phi) is 6.65. The van der Waals surface area contributed by atoms with Gasteiger partial charge in [-0.2, -0.15) is 0 Å². The van der Waals surface area contributed by atoms with Crippen LogP contribution in [-0.4, -0.2) is 57.4 Å². The second kappa shape index (κ2) is 8.88. The quantitative estimate of drug-likeness (QED) is 0.792. The Hall–Kier alpha value is -2.22. The molecule has 1 aliphatic heterocycles. The first-order chi connectivity index (χ1) is 14.0. The Morgan fingerprint density at radius 1 is 1.00 bits per heavy atom. The number of sulfonamides is 1. The third-order valence-corrected chi connectivity index (χ3v) is 6.80. The maximum absolute atomic E-state index is 12.7. The summed E-state index contributed by atoms with van der Waals surface area (Å²) in [4.78, 5) is 17.3. The Labute approximate surface area is 179 Å². The summed E-state index contributed by atoms with van der Waals surface area (Å²) in [7, 11) is -1.82. The van der Waals surface area contributed by atoms with Gasteiger partial charge in [-0.3, -0.25) is 9.69 Å². The van der Waals surface area contributed by atoms with E-state index < -0.39 is 15.9 Å². The molecule has 0 aromatic heterocycles. The molecular formula is C23H31N3O3S. The topological polar surface area (TPSA) is 69.7 Å². The lowest BCUT2D eigenvalue weighted by Gasteiger charge is -2.32. The van der Waals surface area contributed by atoms with Crippen LogP contribution in [0.15, 0.2) is 53.4 Å². The van der Waals surface area contributed by atoms with E-state index in [0.717, 1.165) is 43.9 Å². The molecule has 162 valence electrons. The van der Waals surface area contributed by atoms with Crippen molar-refractivity contribution < 1.29 is 13.2 Å². The van der Waals surface area contributed by atoms with Crippen molar-refractivity contribution >= 4 is 15.9 Å². The lowest BCUT2D eigenvalue weighted by atomic mass is 9.87. The average Bonchev–Trinajstić information content (AvgIpc) is 2.69. The predicted molar refractivity (Wildman–Crippen MR) is 119 cm³/mol. The summed E-state index contributed by atoms with van der Waals surface area (Å²) in [5.74, 6) is -0.616.